The molecule has 8 heteroatoms. The molecule has 1 fully saturated rings. The molecule has 1 atom stereocenters. The molecule has 0 aliphatic carbocycles. The Morgan fingerprint density at radius 1 is 1.07 bits per heavy atom. The number of nitrogens with one attached hydrogen (secondary N) is 2. The van der Waals surface area contributed by atoms with Gasteiger partial charge in [0.25, 0.3) is 17.6 Å². The number of phenols is 1. The number of ether oxygens (including phenoxy) is 1. The van der Waals surface area contributed by atoms with E-state index in [1.807, 2.05) is 30.3 Å². The summed E-state index contributed by atoms with van der Waals surface area (Å²) in [6, 6.07) is 14.7. The minimum absolute atomic E-state index is 0.0814. The summed E-state index contributed by atoms with van der Waals surface area (Å²) >= 11 is 0. The van der Waals surface area contributed by atoms with E-state index in [-0.39, 0.29) is 30.0 Å². The number of ketones is 1. The van der Waals surface area contributed by atoms with Gasteiger partial charge in [-0.2, -0.15) is 0 Å². The van der Waals surface area contributed by atoms with E-state index in [0.717, 1.165) is 5.56 Å². The van der Waals surface area contributed by atoms with Gasteiger partial charge in [0.1, 0.15) is 5.75 Å². The monoisotopic (exact) mass is 409 g/mol. The largest absolute Gasteiger partial charge is 0.507 e. The van der Waals surface area contributed by atoms with E-state index in [4.69, 9.17) is 4.74 Å². The predicted molar refractivity (Wildman–Crippen MR) is 109 cm³/mol. The van der Waals surface area contributed by atoms with Gasteiger partial charge in [0.05, 0.1) is 23.8 Å². The van der Waals surface area contributed by atoms with Crippen LogP contribution in [0.2, 0.25) is 0 Å². The van der Waals surface area contributed by atoms with Gasteiger partial charge in [0, 0.05) is 19.4 Å². The zero-order valence-corrected chi connectivity index (χ0v) is 16.7. The standard InChI is InChI=1S/C22H23N3O5/c1-14(23-24-21(28)16-10-6-7-11-17(16)26)18-19(15-8-4-3-5-9-15)25(12-13-30-2)22(29)20(18)27/h3-11,19,23,26H,12-13H2,1-2H3,(H,24,28)/b18-14+/t19-/m0/s1. The van der Waals surface area contributed by atoms with E-state index in [9.17, 15) is 19.5 Å². The highest BCUT2D eigenvalue weighted by Gasteiger charge is 2.44. The number of Topliss-reactive ketones (excluding diaryl/α,β-unsaturated/α-hetero) is 1. The van der Waals surface area contributed by atoms with Crippen LogP contribution in [0.5, 0.6) is 5.75 Å². The summed E-state index contributed by atoms with van der Waals surface area (Å²) in [4.78, 5) is 39.3. The van der Waals surface area contributed by atoms with Gasteiger partial charge in [-0.3, -0.25) is 19.8 Å². The zero-order valence-electron chi connectivity index (χ0n) is 16.7. The molecule has 156 valence electrons. The number of amides is 2. The summed E-state index contributed by atoms with van der Waals surface area (Å²) < 4.78 is 5.09. The van der Waals surface area contributed by atoms with Crippen molar-refractivity contribution in [1.82, 2.24) is 15.8 Å². The number of phenolic OH excluding ortho intramolecular Hbond substituents is 1. The number of hydrazine groups is 1. The van der Waals surface area contributed by atoms with Gasteiger partial charge in [0.2, 0.25) is 0 Å². The molecule has 1 aliphatic rings. The Kier molecular flexibility index (Phi) is 6.48. The molecule has 0 bridgehead atoms. The maximum atomic E-state index is 12.8. The Bertz CT molecular complexity index is 987. The van der Waals surface area contributed by atoms with Gasteiger partial charge in [-0.1, -0.05) is 42.5 Å². The lowest BCUT2D eigenvalue weighted by molar-refractivity contribution is -0.140. The summed E-state index contributed by atoms with van der Waals surface area (Å²) in [5, 5.41) is 9.82. The molecule has 0 unspecified atom stereocenters. The molecule has 1 saturated heterocycles. The second-order valence-electron chi connectivity index (χ2n) is 6.77. The fourth-order valence-corrected chi connectivity index (χ4v) is 3.37. The third-order valence-corrected chi connectivity index (χ3v) is 4.85. The summed E-state index contributed by atoms with van der Waals surface area (Å²) in [6.07, 6.45) is 0. The first-order chi connectivity index (χ1) is 14.5. The van der Waals surface area contributed by atoms with Crippen molar-refractivity contribution in [1.29, 1.82) is 0 Å². The fourth-order valence-electron chi connectivity index (χ4n) is 3.37. The van der Waals surface area contributed by atoms with Crippen molar-refractivity contribution in [2.45, 2.75) is 13.0 Å². The van der Waals surface area contributed by atoms with Crippen molar-refractivity contribution in [3.05, 3.63) is 77.0 Å². The zero-order chi connectivity index (χ0) is 21.7. The van der Waals surface area contributed by atoms with Crippen LogP contribution in [0.1, 0.15) is 28.9 Å². The smallest absolute Gasteiger partial charge is 0.295 e. The van der Waals surface area contributed by atoms with E-state index in [1.54, 1.807) is 19.1 Å². The van der Waals surface area contributed by atoms with Gasteiger partial charge < -0.3 is 20.2 Å². The van der Waals surface area contributed by atoms with E-state index >= 15 is 0 Å². The number of carbonyl (C=O) groups excluding carboxylic acids is 3. The van der Waals surface area contributed by atoms with Crippen LogP contribution < -0.4 is 10.9 Å². The van der Waals surface area contributed by atoms with E-state index < -0.39 is 23.6 Å². The van der Waals surface area contributed by atoms with Gasteiger partial charge in [-0.15, -0.1) is 0 Å². The molecule has 2 amide bonds. The average molecular weight is 409 g/mol. The molecular weight excluding hydrogens is 386 g/mol. The summed E-state index contributed by atoms with van der Waals surface area (Å²) in [5.41, 5.74) is 6.63. The Hall–Kier alpha value is -3.65. The normalized spacial score (nSPS) is 17.8. The molecule has 0 radical (unpaired) electrons. The minimum Gasteiger partial charge on any atom is -0.507 e. The maximum absolute atomic E-state index is 12.8. The number of hydrogen-bond acceptors (Lipinski definition) is 6. The van der Waals surface area contributed by atoms with Crippen LogP contribution in [0.3, 0.4) is 0 Å². The summed E-state index contributed by atoms with van der Waals surface area (Å²) in [5.74, 6) is -2.00. The van der Waals surface area contributed by atoms with Crippen molar-refractivity contribution in [3.63, 3.8) is 0 Å². The van der Waals surface area contributed by atoms with Crippen molar-refractivity contribution in [3.8, 4) is 5.75 Å². The molecule has 30 heavy (non-hydrogen) atoms. The number of aromatic hydroxyl groups is 1. The van der Waals surface area contributed by atoms with Gasteiger partial charge in [-0.25, -0.2) is 0 Å². The quantitative estimate of drug-likeness (QED) is 0.365. The second kappa shape index (κ2) is 9.23. The van der Waals surface area contributed by atoms with Gasteiger partial charge >= 0.3 is 0 Å². The highest BCUT2D eigenvalue weighted by Crippen LogP contribution is 2.36. The molecule has 2 aromatic carbocycles. The molecule has 0 saturated carbocycles. The SMILES string of the molecule is COCCN1C(=O)C(=O)/C(=C(\C)NNC(=O)c2ccccc2O)[C@@H]1c1ccccc1. The average Bonchev–Trinajstić information content (AvgIpc) is 3.01. The van der Waals surface area contributed by atoms with Crippen molar-refractivity contribution < 1.29 is 24.2 Å². The lowest BCUT2D eigenvalue weighted by Crippen LogP contribution is -2.37. The number of likely N-dealkylation sites (tertiary alicyclic amines) is 1. The van der Waals surface area contributed by atoms with Crippen LogP contribution >= 0.6 is 0 Å². The number of carbonyl (C=O) groups is 3. The molecule has 1 heterocycles. The highest BCUT2D eigenvalue weighted by molar-refractivity contribution is 6.45. The topological polar surface area (TPSA) is 108 Å². The van der Waals surface area contributed by atoms with Crippen molar-refractivity contribution in [2.75, 3.05) is 20.3 Å². The number of allylic oxidation sites excluding steroid dienone is 1. The molecule has 3 N–H and O–H groups in total. The first-order valence-electron chi connectivity index (χ1n) is 9.40. The van der Waals surface area contributed by atoms with E-state index in [0.29, 0.717) is 5.70 Å². The second-order valence-corrected chi connectivity index (χ2v) is 6.77. The molecule has 2 aromatic rings. The van der Waals surface area contributed by atoms with E-state index in [2.05, 4.69) is 10.9 Å². The molecule has 1 aliphatic heterocycles. The first kappa shape index (κ1) is 21.1. The summed E-state index contributed by atoms with van der Waals surface area (Å²) in [6.45, 7) is 2.15. The van der Waals surface area contributed by atoms with E-state index in [1.165, 1.54) is 24.1 Å². The summed E-state index contributed by atoms with van der Waals surface area (Å²) in [7, 11) is 1.53. The number of hydrogen-bond donors (Lipinski definition) is 3. The number of para-hydroxylation sites is 1. The Labute approximate surface area is 174 Å². The fraction of sp³-hybridized carbons (Fsp3) is 0.227. The van der Waals surface area contributed by atoms with Crippen LogP contribution in [-0.4, -0.2) is 47.9 Å². The lowest BCUT2D eigenvalue weighted by atomic mass is 9.97. The molecule has 8 nitrogen and oxygen atoms in total. The van der Waals surface area contributed by atoms with Gasteiger partial charge in [-0.05, 0) is 24.6 Å². The third kappa shape index (κ3) is 4.18. The number of methoxy groups -OCH3 is 1. The number of nitrogens with zero attached hydrogens (tertiary/aromatic N) is 1. The lowest BCUT2D eigenvalue weighted by Gasteiger charge is -2.25. The Morgan fingerprint density at radius 3 is 2.40 bits per heavy atom. The Balaban J connectivity index is 1.90. The Morgan fingerprint density at radius 2 is 1.73 bits per heavy atom. The third-order valence-electron chi connectivity index (χ3n) is 4.85. The predicted octanol–water partition coefficient (Wildman–Crippen LogP) is 1.70. The number of benzene rings is 2. The highest BCUT2D eigenvalue weighted by atomic mass is 16.5. The molecular formula is C22H23N3O5. The van der Waals surface area contributed by atoms with Crippen LogP contribution in [0.4, 0.5) is 0 Å². The van der Waals surface area contributed by atoms with Crippen LogP contribution in [0, 0.1) is 0 Å². The maximum Gasteiger partial charge on any atom is 0.295 e. The van der Waals surface area contributed by atoms with Crippen LogP contribution in [-0.2, 0) is 14.3 Å². The van der Waals surface area contributed by atoms with Crippen LogP contribution in [0.25, 0.3) is 0 Å². The number of rotatable bonds is 7. The van der Waals surface area contributed by atoms with Crippen molar-refractivity contribution >= 4 is 17.6 Å². The molecule has 0 aromatic heterocycles. The molecule has 0 spiro atoms. The van der Waals surface area contributed by atoms with Crippen molar-refractivity contribution in [2.24, 2.45) is 0 Å². The minimum atomic E-state index is -0.637. The van der Waals surface area contributed by atoms with Crippen LogP contribution in [0.15, 0.2) is 65.9 Å². The first-order valence-corrected chi connectivity index (χ1v) is 9.40. The van der Waals surface area contributed by atoms with Gasteiger partial charge in [0.15, 0.2) is 0 Å². The molecule has 3 rings (SSSR count).